The molecule has 19 heavy (non-hydrogen) atoms. The van der Waals surface area contributed by atoms with Crippen molar-refractivity contribution in [3.05, 3.63) is 42.5 Å². The summed E-state index contributed by atoms with van der Waals surface area (Å²) in [5.41, 5.74) is 9.61. The molecule has 0 fully saturated rings. The minimum Gasteiger partial charge on any atom is -0.397 e. The summed E-state index contributed by atoms with van der Waals surface area (Å²) in [6.45, 7) is 0. The third-order valence-corrected chi connectivity index (χ3v) is 2.60. The van der Waals surface area contributed by atoms with Crippen molar-refractivity contribution in [2.75, 3.05) is 5.73 Å². The van der Waals surface area contributed by atoms with Crippen LogP contribution in [0.3, 0.4) is 0 Å². The summed E-state index contributed by atoms with van der Waals surface area (Å²) in [5.74, 6) is 0. The van der Waals surface area contributed by atoms with Crippen molar-refractivity contribution in [3.8, 4) is 0 Å². The lowest BCUT2D eigenvalue weighted by molar-refractivity contribution is 0.959. The molecule has 4 rings (SSSR count). The summed E-state index contributed by atoms with van der Waals surface area (Å²) in [6, 6.07) is 13.2. The number of benzene rings is 2. The van der Waals surface area contributed by atoms with Crippen molar-refractivity contribution in [2.24, 2.45) is 0 Å². The maximum absolute atomic E-state index is 5.58. The van der Waals surface area contributed by atoms with E-state index >= 15 is 0 Å². The van der Waals surface area contributed by atoms with Crippen LogP contribution in [-0.4, -0.2) is 30.8 Å². The molecular formula is C12H11N7. The number of hydrogen-bond donors (Lipinski definition) is 3. The second-order valence-corrected chi connectivity index (χ2v) is 3.85. The summed E-state index contributed by atoms with van der Waals surface area (Å²) in [7, 11) is 0. The van der Waals surface area contributed by atoms with Crippen LogP contribution in [-0.2, 0) is 0 Å². The number of aromatic amines is 2. The Morgan fingerprint density at radius 3 is 1.95 bits per heavy atom. The van der Waals surface area contributed by atoms with Gasteiger partial charge in [0.2, 0.25) is 0 Å². The monoisotopic (exact) mass is 253 g/mol. The van der Waals surface area contributed by atoms with E-state index in [0.29, 0.717) is 5.69 Å². The molecule has 0 saturated heterocycles. The van der Waals surface area contributed by atoms with Crippen molar-refractivity contribution < 1.29 is 0 Å². The zero-order chi connectivity index (χ0) is 13.1. The van der Waals surface area contributed by atoms with Gasteiger partial charge >= 0.3 is 0 Å². The third-order valence-electron chi connectivity index (χ3n) is 2.60. The van der Waals surface area contributed by atoms with E-state index in [-0.39, 0.29) is 0 Å². The Labute approximate surface area is 107 Å². The van der Waals surface area contributed by atoms with Crippen LogP contribution in [0.5, 0.6) is 0 Å². The number of para-hydroxylation sites is 3. The first kappa shape index (κ1) is 11.1. The van der Waals surface area contributed by atoms with E-state index in [2.05, 4.69) is 30.8 Å². The molecule has 0 aliphatic carbocycles. The second-order valence-electron chi connectivity index (χ2n) is 3.85. The molecule has 0 radical (unpaired) electrons. The van der Waals surface area contributed by atoms with E-state index in [0.717, 1.165) is 22.1 Å². The van der Waals surface area contributed by atoms with Crippen molar-refractivity contribution >= 4 is 27.8 Å². The number of aromatic nitrogens is 6. The Balaban J connectivity index is 0.000000117. The smallest absolute Gasteiger partial charge is 0.135 e. The van der Waals surface area contributed by atoms with Gasteiger partial charge in [0.05, 0.1) is 5.69 Å². The van der Waals surface area contributed by atoms with Gasteiger partial charge < -0.3 is 5.73 Å². The van der Waals surface area contributed by atoms with Gasteiger partial charge in [0.15, 0.2) is 0 Å². The molecule has 2 aromatic heterocycles. The van der Waals surface area contributed by atoms with Gasteiger partial charge in [-0.3, -0.25) is 0 Å². The van der Waals surface area contributed by atoms with Gasteiger partial charge in [-0.25, -0.2) is 0 Å². The zero-order valence-electron chi connectivity index (χ0n) is 9.91. The SMILES string of the molecule is Nc1cccc2n[nH]nc12.c1ccc2n[nH]nc2c1. The number of fused-ring (bicyclic) bond motifs is 2. The fraction of sp³-hybridized carbons (Fsp3) is 0. The number of anilines is 1. The Morgan fingerprint density at radius 2 is 1.26 bits per heavy atom. The first-order chi connectivity index (χ1) is 9.34. The van der Waals surface area contributed by atoms with Gasteiger partial charge in [0, 0.05) is 0 Å². The lowest BCUT2D eigenvalue weighted by atomic mass is 10.3. The Morgan fingerprint density at radius 1 is 0.684 bits per heavy atom. The molecule has 4 aromatic rings. The first-order valence-corrected chi connectivity index (χ1v) is 5.65. The molecule has 0 saturated carbocycles. The van der Waals surface area contributed by atoms with Crippen LogP contribution in [0.15, 0.2) is 42.5 Å². The van der Waals surface area contributed by atoms with Gasteiger partial charge in [0.1, 0.15) is 22.1 Å². The van der Waals surface area contributed by atoms with E-state index < -0.39 is 0 Å². The maximum atomic E-state index is 5.58. The largest absolute Gasteiger partial charge is 0.397 e. The van der Waals surface area contributed by atoms with Crippen molar-refractivity contribution in [2.45, 2.75) is 0 Å². The summed E-state index contributed by atoms with van der Waals surface area (Å²) in [5, 5.41) is 20.5. The highest BCUT2D eigenvalue weighted by atomic mass is 15.3. The number of nitrogens with two attached hydrogens (primary N) is 1. The average Bonchev–Trinajstić information content (AvgIpc) is 3.08. The van der Waals surface area contributed by atoms with Crippen LogP contribution in [0, 0.1) is 0 Å². The van der Waals surface area contributed by atoms with E-state index in [9.17, 15) is 0 Å². The third kappa shape index (κ3) is 2.21. The number of nitrogens with zero attached hydrogens (tertiary/aromatic N) is 4. The topological polar surface area (TPSA) is 109 Å². The predicted molar refractivity (Wildman–Crippen MR) is 72.2 cm³/mol. The molecule has 0 aliphatic heterocycles. The van der Waals surface area contributed by atoms with Crippen molar-refractivity contribution in [3.63, 3.8) is 0 Å². The van der Waals surface area contributed by atoms with Crippen LogP contribution in [0.4, 0.5) is 5.69 Å². The van der Waals surface area contributed by atoms with E-state index in [1.54, 1.807) is 6.07 Å². The Bertz CT molecular complexity index is 771. The van der Waals surface area contributed by atoms with Crippen LogP contribution in [0.1, 0.15) is 0 Å². The number of rotatable bonds is 0. The van der Waals surface area contributed by atoms with Crippen LogP contribution < -0.4 is 5.73 Å². The lowest BCUT2D eigenvalue weighted by Crippen LogP contribution is -1.84. The van der Waals surface area contributed by atoms with Gasteiger partial charge in [-0.1, -0.05) is 18.2 Å². The Kier molecular flexibility index (Phi) is 2.77. The molecule has 7 heteroatoms. The van der Waals surface area contributed by atoms with Crippen molar-refractivity contribution in [1.82, 2.24) is 30.8 Å². The number of nitrogen functional groups attached to an aromatic ring is 1. The first-order valence-electron chi connectivity index (χ1n) is 5.65. The predicted octanol–water partition coefficient (Wildman–Crippen LogP) is 1.50. The highest BCUT2D eigenvalue weighted by Gasteiger charge is 1.98. The minimum atomic E-state index is 0.659. The average molecular weight is 253 g/mol. The summed E-state index contributed by atoms with van der Waals surface area (Å²) >= 11 is 0. The van der Waals surface area contributed by atoms with Crippen LogP contribution >= 0.6 is 0 Å². The molecule has 0 amide bonds. The van der Waals surface area contributed by atoms with Gasteiger partial charge in [-0.15, -0.1) is 0 Å². The van der Waals surface area contributed by atoms with E-state index in [1.165, 1.54) is 0 Å². The van der Waals surface area contributed by atoms with E-state index in [4.69, 9.17) is 5.73 Å². The van der Waals surface area contributed by atoms with E-state index in [1.807, 2.05) is 36.4 Å². The summed E-state index contributed by atoms with van der Waals surface area (Å²) < 4.78 is 0. The molecule has 94 valence electrons. The number of nitrogens with one attached hydrogen (secondary N) is 2. The maximum Gasteiger partial charge on any atom is 0.135 e. The molecule has 0 spiro atoms. The highest BCUT2D eigenvalue weighted by Crippen LogP contribution is 2.13. The van der Waals surface area contributed by atoms with Crippen LogP contribution in [0.25, 0.3) is 22.1 Å². The molecular weight excluding hydrogens is 242 g/mol. The summed E-state index contributed by atoms with van der Waals surface area (Å²) in [6.07, 6.45) is 0. The number of H-pyrrole nitrogens is 2. The Hall–Kier alpha value is -2.96. The van der Waals surface area contributed by atoms with Crippen LogP contribution in [0.2, 0.25) is 0 Å². The fourth-order valence-electron chi connectivity index (χ4n) is 1.68. The highest BCUT2D eigenvalue weighted by molar-refractivity contribution is 5.85. The zero-order valence-corrected chi connectivity index (χ0v) is 9.91. The molecule has 2 heterocycles. The molecule has 7 nitrogen and oxygen atoms in total. The number of hydrogen-bond acceptors (Lipinski definition) is 5. The van der Waals surface area contributed by atoms with Gasteiger partial charge in [0.25, 0.3) is 0 Å². The standard InChI is InChI=1S/C6H6N4.C6H5N3/c7-4-2-1-3-5-6(4)9-10-8-5;1-2-4-6-5(3-1)7-9-8-6/h1-3H,7H2,(H,8,9,10);1-4H,(H,7,8,9). The molecule has 0 aliphatic rings. The summed E-state index contributed by atoms with van der Waals surface area (Å²) in [4.78, 5) is 0. The van der Waals surface area contributed by atoms with Crippen molar-refractivity contribution in [1.29, 1.82) is 0 Å². The quantitative estimate of drug-likeness (QED) is 0.411. The normalized spacial score (nSPS) is 10.3. The second kappa shape index (κ2) is 4.73. The molecule has 4 N–H and O–H groups in total. The molecule has 2 aromatic carbocycles. The minimum absolute atomic E-state index is 0.659. The lowest BCUT2D eigenvalue weighted by Gasteiger charge is -1.88. The van der Waals surface area contributed by atoms with Gasteiger partial charge in [-0.05, 0) is 24.3 Å². The molecule has 0 atom stereocenters. The van der Waals surface area contributed by atoms with Gasteiger partial charge in [-0.2, -0.15) is 30.8 Å². The fourth-order valence-corrected chi connectivity index (χ4v) is 1.68. The molecule has 0 bridgehead atoms. The molecule has 0 unspecified atom stereocenters.